The van der Waals surface area contributed by atoms with Crippen LogP contribution < -0.4 is 10.1 Å². The predicted molar refractivity (Wildman–Crippen MR) is 94.6 cm³/mol. The number of nitrogens with zero attached hydrogens (tertiary/aromatic N) is 2. The maximum absolute atomic E-state index is 13.3. The molecule has 3 aromatic rings. The van der Waals surface area contributed by atoms with Crippen molar-refractivity contribution in [3.05, 3.63) is 59.2 Å². The third kappa shape index (κ3) is 4.37. The van der Waals surface area contributed by atoms with E-state index < -0.39 is 0 Å². The van der Waals surface area contributed by atoms with E-state index in [0.717, 1.165) is 0 Å². The molecule has 26 heavy (non-hydrogen) atoms. The lowest BCUT2D eigenvalue weighted by molar-refractivity contribution is -0.116. The Morgan fingerprint density at radius 1 is 1.31 bits per heavy atom. The molecular formula is C18H15ClFN3O3. The number of aryl methyl sites for hydroxylation is 1. The van der Waals surface area contributed by atoms with Crippen LogP contribution in [0.3, 0.4) is 0 Å². The molecule has 0 unspecified atom stereocenters. The number of anilines is 1. The zero-order chi connectivity index (χ0) is 18.5. The lowest BCUT2D eigenvalue weighted by Crippen LogP contribution is -2.13. The molecule has 1 heterocycles. The minimum atomic E-state index is -0.385. The number of methoxy groups -OCH3 is 1. The number of amides is 1. The Labute approximate surface area is 153 Å². The topological polar surface area (TPSA) is 77.2 Å². The van der Waals surface area contributed by atoms with Gasteiger partial charge in [-0.05, 0) is 30.3 Å². The second kappa shape index (κ2) is 7.97. The highest BCUT2D eigenvalue weighted by atomic mass is 35.5. The fourth-order valence-electron chi connectivity index (χ4n) is 2.31. The van der Waals surface area contributed by atoms with Crippen LogP contribution in [0.4, 0.5) is 10.1 Å². The average molecular weight is 376 g/mol. The average Bonchev–Trinajstić information content (AvgIpc) is 3.09. The first-order valence-corrected chi connectivity index (χ1v) is 8.15. The molecule has 1 N–H and O–H groups in total. The molecule has 0 saturated heterocycles. The molecule has 2 aromatic carbocycles. The van der Waals surface area contributed by atoms with Crippen molar-refractivity contribution in [3.63, 3.8) is 0 Å². The van der Waals surface area contributed by atoms with E-state index in [4.69, 9.17) is 20.9 Å². The maximum Gasteiger partial charge on any atom is 0.227 e. The molecule has 0 aliphatic carbocycles. The van der Waals surface area contributed by atoms with Gasteiger partial charge in [-0.3, -0.25) is 4.79 Å². The smallest absolute Gasteiger partial charge is 0.227 e. The fourth-order valence-corrected chi connectivity index (χ4v) is 2.48. The van der Waals surface area contributed by atoms with Crippen molar-refractivity contribution in [2.45, 2.75) is 12.8 Å². The van der Waals surface area contributed by atoms with Crippen molar-refractivity contribution < 1.29 is 18.4 Å². The molecule has 3 rings (SSSR count). The summed E-state index contributed by atoms with van der Waals surface area (Å²) in [5.74, 6) is 0.433. The molecule has 134 valence electrons. The molecule has 0 aliphatic rings. The Bertz CT molecular complexity index is 930. The summed E-state index contributed by atoms with van der Waals surface area (Å²) in [6.07, 6.45) is 0.373. The van der Waals surface area contributed by atoms with Gasteiger partial charge in [-0.1, -0.05) is 28.9 Å². The van der Waals surface area contributed by atoms with Crippen molar-refractivity contribution in [3.8, 4) is 17.1 Å². The molecule has 0 aliphatic heterocycles. The molecule has 1 amide bonds. The van der Waals surface area contributed by atoms with Crippen LogP contribution in [0.15, 0.2) is 47.0 Å². The molecule has 0 bridgehead atoms. The molecule has 0 saturated carbocycles. The van der Waals surface area contributed by atoms with Gasteiger partial charge in [-0.2, -0.15) is 4.98 Å². The van der Waals surface area contributed by atoms with E-state index in [1.165, 1.54) is 19.2 Å². The number of rotatable bonds is 6. The minimum Gasteiger partial charge on any atom is -0.495 e. The first-order valence-electron chi connectivity index (χ1n) is 7.77. The van der Waals surface area contributed by atoms with Gasteiger partial charge in [0.05, 0.1) is 12.8 Å². The van der Waals surface area contributed by atoms with E-state index in [1.807, 2.05) is 0 Å². The highest BCUT2D eigenvalue weighted by molar-refractivity contribution is 6.31. The third-order valence-electron chi connectivity index (χ3n) is 3.55. The Balaban J connectivity index is 1.61. The highest BCUT2D eigenvalue weighted by Crippen LogP contribution is 2.27. The van der Waals surface area contributed by atoms with Crippen molar-refractivity contribution in [1.82, 2.24) is 10.1 Å². The second-order valence-corrected chi connectivity index (χ2v) is 5.85. The number of hydrogen-bond acceptors (Lipinski definition) is 5. The van der Waals surface area contributed by atoms with Crippen LogP contribution in [-0.2, 0) is 11.2 Å². The van der Waals surface area contributed by atoms with E-state index >= 15 is 0 Å². The summed E-state index contributed by atoms with van der Waals surface area (Å²) in [7, 11) is 1.51. The zero-order valence-electron chi connectivity index (χ0n) is 13.8. The quantitative estimate of drug-likeness (QED) is 0.701. The normalized spacial score (nSPS) is 10.6. The number of benzene rings is 2. The van der Waals surface area contributed by atoms with Crippen LogP contribution in [0.1, 0.15) is 12.3 Å². The number of nitrogens with one attached hydrogen (secondary N) is 1. The lowest BCUT2D eigenvalue weighted by atomic mass is 10.2. The first kappa shape index (κ1) is 17.9. The number of ether oxygens (including phenoxy) is 1. The van der Waals surface area contributed by atoms with Crippen LogP contribution in [0.2, 0.25) is 5.02 Å². The molecule has 6 nitrogen and oxygen atoms in total. The van der Waals surface area contributed by atoms with Gasteiger partial charge in [0.25, 0.3) is 0 Å². The van der Waals surface area contributed by atoms with E-state index in [-0.39, 0.29) is 36.3 Å². The molecule has 0 radical (unpaired) electrons. The third-order valence-corrected chi connectivity index (χ3v) is 3.79. The van der Waals surface area contributed by atoms with Gasteiger partial charge in [-0.15, -0.1) is 0 Å². The monoisotopic (exact) mass is 375 g/mol. The summed E-state index contributed by atoms with van der Waals surface area (Å²) < 4.78 is 23.5. The highest BCUT2D eigenvalue weighted by Gasteiger charge is 2.13. The van der Waals surface area contributed by atoms with Gasteiger partial charge in [0, 0.05) is 23.4 Å². The van der Waals surface area contributed by atoms with Crippen molar-refractivity contribution in [2.24, 2.45) is 0 Å². The Hall–Kier alpha value is -2.93. The number of carbonyl (C=O) groups is 1. The Morgan fingerprint density at radius 3 is 2.92 bits per heavy atom. The maximum atomic E-state index is 13.3. The summed E-state index contributed by atoms with van der Waals surface area (Å²) in [5, 5.41) is 7.02. The van der Waals surface area contributed by atoms with Crippen molar-refractivity contribution in [2.75, 3.05) is 12.4 Å². The molecule has 0 atom stereocenters. The molecule has 0 spiro atoms. The first-order chi connectivity index (χ1) is 12.5. The standard InChI is InChI=1S/C18H15ClFN3O3/c1-25-15-6-5-12(19)10-14(15)21-16(24)7-8-17-22-18(23-26-17)11-3-2-4-13(20)9-11/h2-6,9-10H,7-8H2,1H3,(H,21,24). The summed E-state index contributed by atoms with van der Waals surface area (Å²) in [6, 6.07) is 10.8. The predicted octanol–water partition coefficient (Wildman–Crippen LogP) is 4.11. The summed E-state index contributed by atoms with van der Waals surface area (Å²) >= 11 is 5.94. The number of carbonyl (C=O) groups excluding carboxylic acids is 1. The van der Waals surface area contributed by atoms with Gasteiger partial charge in [-0.25, -0.2) is 4.39 Å². The summed E-state index contributed by atoms with van der Waals surface area (Å²) in [6.45, 7) is 0. The minimum absolute atomic E-state index is 0.125. The lowest BCUT2D eigenvalue weighted by Gasteiger charge is -2.10. The number of hydrogen-bond donors (Lipinski definition) is 1. The molecule has 8 heteroatoms. The van der Waals surface area contributed by atoms with Gasteiger partial charge in [0.1, 0.15) is 11.6 Å². The van der Waals surface area contributed by atoms with Crippen molar-refractivity contribution >= 4 is 23.2 Å². The van der Waals surface area contributed by atoms with Gasteiger partial charge >= 0.3 is 0 Å². The number of aromatic nitrogens is 2. The summed E-state index contributed by atoms with van der Waals surface area (Å²) in [4.78, 5) is 16.3. The van der Waals surface area contributed by atoms with Crippen LogP contribution >= 0.6 is 11.6 Å². The number of halogens is 2. The van der Waals surface area contributed by atoms with Gasteiger partial charge < -0.3 is 14.6 Å². The van der Waals surface area contributed by atoms with Crippen LogP contribution in [0, 0.1) is 5.82 Å². The SMILES string of the molecule is COc1ccc(Cl)cc1NC(=O)CCc1nc(-c2cccc(F)c2)no1. The Morgan fingerprint density at radius 2 is 2.15 bits per heavy atom. The summed E-state index contributed by atoms with van der Waals surface area (Å²) in [5.41, 5.74) is 0.990. The van der Waals surface area contributed by atoms with E-state index in [0.29, 0.717) is 22.0 Å². The Kier molecular flexibility index (Phi) is 5.48. The van der Waals surface area contributed by atoms with Gasteiger partial charge in [0.2, 0.25) is 17.6 Å². The molecule has 0 fully saturated rings. The zero-order valence-corrected chi connectivity index (χ0v) is 14.6. The largest absolute Gasteiger partial charge is 0.495 e. The van der Waals surface area contributed by atoms with Gasteiger partial charge in [0.15, 0.2) is 0 Å². The van der Waals surface area contributed by atoms with Crippen LogP contribution in [-0.4, -0.2) is 23.2 Å². The second-order valence-electron chi connectivity index (χ2n) is 5.41. The van der Waals surface area contributed by atoms with E-state index in [2.05, 4.69) is 15.5 Å². The molecule has 1 aromatic heterocycles. The van der Waals surface area contributed by atoms with Crippen LogP contribution in [0.25, 0.3) is 11.4 Å². The van der Waals surface area contributed by atoms with Crippen molar-refractivity contribution in [1.29, 1.82) is 0 Å². The van der Waals surface area contributed by atoms with E-state index in [9.17, 15) is 9.18 Å². The fraction of sp³-hybridized carbons (Fsp3) is 0.167. The van der Waals surface area contributed by atoms with Crippen LogP contribution in [0.5, 0.6) is 5.75 Å². The van der Waals surface area contributed by atoms with E-state index in [1.54, 1.807) is 30.3 Å². The molecular weight excluding hydrogens is 361 g/mol.